The van der Waals surface area contributed by atoms with Crippen LogP contribution in [0.25, 0.3) is 0 Å². The van der Waals surface area contributed by atoms with E-state index < -0.39 is 111 Å². The molecule has 0 aromatic carbocycles. The van der Waals surface area contributed by atoms with Gasteiger partial charge in [-0.1, -0.05) is 0 Å². The van der Waals surface area contributed by atoms with E-state index in [9.17, 15) is 61.0 Å². The molecular formula is C18H29NaO17. The van der Waals surface area contributed by atoms with Crippen molar-refractivity contribution in [1.29, 1.82) is 0 Å². The Morgan fingerprint density at radius 2 is 1.08 bits per heavy atom. The van der Waals surface area contributed by atoms with Gasteiger partial charge < -0.3 is 84.7 Å². The van der Waals surface area contributed by atoms with Crippen LogP contribution in [0.4, 0.5) is 0 Å². The molecule has 3 aliphatic rings. The Morgan fingerprint density at radius 3 is 1.58 bits per heavy atom. The summed E-state index contributed by atoms with van der Waals surface area (Å²) in [5, 5.41) is 111. The number of ether oxygens (including phenoxy) is 5. The Kier molecular flexibility index (Phi) is 11.8. The predicted molar refractivity (Wildman–Crippen MR) is 99.2 cm³/mol. The average Bonchev–Trinajstić information content (AvgIpc) is 2.83. The summed E-state index contributed by atoms with van der Waals surface area (Å²) in [6.07, 6.45) is -27.8. The summed E-state index contributed by atoms with van der Waals surface area (Å²) in [5.41, 5.74) is 0. The Morgan fingerprint density at radius 1 is 0.639 bits per heavy atom. The van der Waals surface area contributed by atoms with Crippen LogP contribution >= 0.6 is 0 Å². The van der Waals surface area contributed by atoms with Crippen LogP contribution in [0.3, 0.4) is 0 Å². The fourth-order valence-electron chi connectivity index (χ4n) is 4.03. The van der Waals surface area contributed by atoms with E-state index in [1.807, 2.05) is 0 Å². The Bertz CT molecular complexity index is 713. The first-order valence-electron chi connectivity index (χ1n) is 10.6. The number of aliphatic hydroxyl groups excluding tert-OH is 10. The second-order valence-corrected chi connectivity index (χ2v) is 8.35. The number of carboxylic acids is 1. The fraction of sp³-hybridized carbons (Fsp3) is 0.944. The third kappa shape index (κ3) is 6.36. The predicted octanol–water partition coefficient (Wildman–Crippen LogP) is -11.8. The van der Waals surface area contributed by atoms with E-state index in [-0.39, 0.29) is 29.6 Å². The molecule has 0 aliphatic carbocycles. The number of carbonyl (C=O) groups is 1. The molecule has 15 atom stereocenters. The van der Waals surface area contributed by atoms with Gasteiger partial charge >= 0.3 is 29.6 Å². The van der Waals surface area contributed by atoms with Crippen molar-refractivity contribution < 1.29 is 114 Å². The number of rotatable bonds is 7. The van der Waals surface area contributed by atoms with Gasteiger partial charge in [-0.05, 0) is 0 Å². The van der Waals surface area contributed by atoms with Crippen molar-refractivity contribution in [2.75, 3.05) is 13.2 Å². The zero-order chi connectivity index (χ0) is 26.2. The number of hydrogen-bond acceptors (Lipinski definition) is 17. The zero-order valence-electron chi connectivity index (χ0n) is 18.9. The summed E-state index contributed by atoms with van der Waals surface area (Å²) < 4.78 is 25.8. The van der Waals surface area contributed by atoms with Crippen LogP contribution in [-0.2, 0) is 28.5 Å². The first kappa shape index (κ1) is 32.1. The van der Waals surface area contributed by atoms with Crippen molar-refractivity contribution in [3.8, 4) is 0 Å². The quantitative estimate of drug-likeness (QED) is 0.134. The van der Waals surface area contributed by atoms with Crippen molar-refractivity contribution in [3.63, 3.8) is 0 Å². The van der Waals surface area contributed by atoms with Gasteiger partial charge in [0.05, 0.1) is 19.2 Å². The minimum Gasteiger partial charge on any atom is -0.547 e. The summed E-state index contributed by atoms with van der Waals surface area (Å²) in [6, 6.07) is 0. The van der Waals surface area contributed by atoms with Gasteiger partial charge in [-0.15, -0.1) is 0 Å². The molecule has 0 bridgehead atoms. The van der Waals surface area contributed by atoms with Crippen molar-refractivity contribution in [3.05, 3.63) is 0 Å². The Labute approximate surface area is 225 Å². The largest absolute Gasteiger partial charge is 1.00 e. The molecule has 0 aromatic heterocycles. The van der Waals surface area contributed by atoms with Gasteiger partial charge in [0.25, 0.3) is 0 Å². The van der Waals surface area contributed by atoms with Gasteiger partial charge in [0.2, 0.25) is 0 Å². The van der Waals surface area contributed by atoms with Crippen LogP contribution in [0.1, 0.15) is 0 Å². The van der Waals surface area contributed by atoms with Crippen LogP contribution in [0.15, 0.2) is 0 Å². The van der Waals surface area contributed by atoms with E-state index in [0.717, 1.165) is 0 Å². The minimum atomic E-state index is -2.13. The maximum Gasteiger partial charge on any atom is 1.00 e. The SMILES string of the molecule is O=C([O-])[C@H]1O[C@H](O[C@H]2[C@H](O)[C@@H](O)[C@@H](O[C@H]3[C@H](O)[C@@H](O)C(O)O[C@@H]3CO)O[C@@H]2CO)[C@H](O)[C@@H](O)[C@@H]1O.[Na+]. The van der Waals surface area contributed by atoms with E-state index in [4.69, 9.17) is 23.7 Å². The first-order valence-corrected chi connectivity index (χ1v) is 10.6. The summed E-state index contributed by atoms with van der Waals surface area (Å²) in [7, 11) is 0. The standard InChI is InChI=1S/C18H30O17.Na/c19-1-3-12(7(23)9(25)16(30)31-3)33-17-11(27)8(24)13(4(2-20)32-17)34-18-10(26)5(21)6(22)14(35-18)15(28)29;/h3-14,16-27,30H,1-2H2,(H,28,29);/q;+1/p-1/t3-,4-,5+,6+,7-,8-,9-,10-,11-,12-,13-,14+,16?,17-,18+;/m1./s1. The molecule has 3 aliphatic heterocycles. The van der Waals surface area contributed by atoms with Gasteiger partial charge in [0, 0.05) is 0 Å². The molecule has 3 heterocycles. The molecule has 0 radical (unpaired) electrons. The number of aliphatic hydroxyl groups is 10. The van der Waals surface area contributed by atoms with Crippen LogP contribution < -0.4 is 34.7 Å². The third-order valence-corrected chi connectivity index (χ3v) is 6.04. The zero-order valence-corrected chi connectivity index (χ0v) is 20.9. The molecule has 3 rings (SSSR count). The molecular weight excluding hydrogens is 511 g/mol. The summed E-state index contributed by atoms with van der Waals surface area (Å²) >= 11 is 0. The van der Waals surface area contributed by atoms with E-state index >= 15 is 0 Å². The summed E-state index contributed by atoms with van der Waals surface area (Å²) in [5.74, 6) is -1.94. The number of carboxylic acid groups (broad SMARTS) is 1. The molecule has 10 N–H and O–H groups in total. The number of hydrogen-bond donors (Lipinski definition) is 10. The van der Waals surface area contributed by atoms with Crippen LogP contribution in [-0.4, -0.2) is 162 Å². The van der Waals surface area contributed by atoms with E-state index in [1.54, 1.807) is 0 Å². The van der Waals surface area contributed by atoms with E-state index in [2.05, 4.69) is 0 Å². The monoisotopic (exact) mass is 540 g/mol. The van der Waals surface area contributed by atoms with E-state index in [0.29, 0.717) is 0 Å². The van der Waals surface area contributed by atoms with Crippen molar-refractivity contribution in [2.45, 2.75) is 92.1 Å². The maximum absolute atomic E-state index is 11.1. The normalized spacial score (nSPS) is 49.8. The van der Waals surface area contributed by atoms with Crippen LogP contribution in [0.5, 0.6) is 0 Å². The first-order chi connectivity index (χ1) is 16.4. The van der Waals surface area contributed by atoms with Gasteiger partial charge in [-0.2, -0.15) is 0 Å². The topological polar surface area (TPSA) is 289 Å². The molecule has 0 saturated carbocycles. The smallest absolute Gasteiger partial charge is 0.547 e. The van der Waals surface area contributed by atoms with Gasteiger partial charge in [-0.3, -0.25) is 0 Å². The minimum absolute atomic E-state index is 0. The summed E-state index contributed by atoms with van der Waals surface area (Å²) in [4.78, 5) is 11.1. The Balaban J connectivity index is 0.00000456. The van der Waals surface area contributed by atoms with Crippen LogP contribution in [0.2, 0.25) is 0 Å². The summed E-state index contributed by atoms with van der Waals surface area (Å²) in [6.45, 7) is -1.70. The maximum atomic E-state index is 11.1. The third-order valence-electron chi connectivity index (χ3n) is 6.04. The molecule has 0 spiro atoms. The molecule has 18 heteroatoms. The van der Waals surface area contributed by atoms with Gasteiger partial charge in [-0.25, -0.2) is 0 Å². The van der Waals surface area contributed by atoms with E-state index in [1.165, 1.54) is 0 Å². The molecule has 204 valence electrons. The second kappa shape index (κ2) is 13.3. The average molecular weight is 540 g/mol. The Hall–Kier alpha value is -0.130. The van der Waals surface area contributed by atoms with Crippen LogP contribution in [0, 0.1) is 0 Å². The number of carbonyl (C=O) groups excluding carboxylic acids is 1. The van der Waals surface area contributed by atoms with Crippen molar-refractivity contribution in [1.82, 2.24) is 0 Å². The fourth-order valence-corrected chi connectivity index (χ4v) is 4.03. The van der Waals surface area contributed by atoms with Crippen molar-refractivity contribution in [2.24, 2.45) is 0 Å². The molecule has 3 saturated heterocycles. The van der Waals surface area contributed by atoms with Gasteiger partial charge in [0.15, 0.2) is 18.9 Å². The molecule has 1 unspecified atom stereocenters. The van der Waals surface area contributed by atoms with Crippen molar-refractivity contribution >= 4 is 5.97 Å². The molecule has 0 aromatic rings. The molecule has 36 heavy (non-hydrogen) atoms. The molecule has 3 fully saturated rings. The molecule has 17 nitrogen and oxygen atoms in total. The molecule has 0 amide bonds. The second-order valence-electron chi connectivity index (χ2n) is 8.35. The van der Waals surface area contributed by atoms with Gasteiger partial charge in [0.1, 0.15) is 73.2 Å². The number of aliphatic carboxylic acids is 1.